The molecule has 1 aliphatic carbocycles. The molecule has 1 aliphatic rings. The monoisotopic (exact) mass is 205 g/mol. The van der Waals surface area contributed by atoms with Gasteiger partial charge in [0.15, 0.2) is 0 Å². The van der Waals surface area contributed by atoms with Crippen molar-refractivity contribution in [1.29, 1.82) is 0 Å². The molecule has 3 heteroatoms. The van der Waals surface area contributed by atoms with Gasteiger partial charge in [-0.3, -0.25) is 4.79 Å². The number of aryl methyl sites for hydroxylation is 1. The van der Waals surface area contributed by atoms with E-state index in [0.29, 0.717) is 0 Å². The Bertz CT molecular complexity index is 379. The van der Waals surface area contributed by atoms with Crippen LogP contribution in [0.3, 0.4) is 0 Å². The van der Waals surface area contributed by atoms with Crippen molar-refractivity contribution >= 4 is 5.97 Å². The molecular formula is C12H15NO2. The van der Waals surface area contributed by atoms with Crippen LogP contribution in [0.25, 0.3) is 0 Å². The summed E-state index contributed by atoms with van der Waals surface area (Å²) in [6.07, 6.45) is 1.76. The van der Waals surface area contributed by atoms with Gasteiger partial charge in [0.25, 0.3) is 0 Å². The summed E-state index contributed by atoms with van der Waals surface area (Å²) >= 11 is 0. The summed E-state index contributed by atoms with van der Waals surface area (Å²) < 4.78 is 0. The Morgan fingerprint density at radius 3 is 2.33 bits per heavy atom. The number of carbonyl (C=O) groups is 1. The Hall–Kier alpha value is -1.35. The molecule has 15 heavy (non-hydrogen) atoms. The fourth-order valence-corrected chi connectivity index (χ4v) is 2.04. The van der Waals surface area contributed by atoms with Gasteiger partial charge in [-0.1, -0.05) is 29.8 Å². The molecule has 80 valence electrons. The van der Waals surface area contributed by atoms with E-state index in [1.165, 1.54) is 5.56 Å². The van der Waals surface area contributed by atoms with E-state index in [-0.39, 0.29) is 5.41 Å². The minimum Gasteiger partial charge on any atom is -0.480 e. The summed E-state index contributed by atoms with van der Waals surface area (Å²) in [5.74, 6) is -0.909. The fourth-order valence-electron chi connectivity index (χ4n) is 2.04. The van der Waals surface area contributed by atoms with E-state index in [9.17, 15) is 4.79 Å². The lowest BCUT2D eigenvalue weighted by Crippen LogP contribution is -2.41. The smallest absolute Gasteiger partial charge is 0.321 e. The third kappa shape index (κ3) is 1.63. The van der Waals surface area contributed by atoms with Crippen molar-refractivity contribution in [1.82, 2.24) is 0 Å². The second kappa shape index (κ2) is 3.35. The Kier molecular flexibility index (Phi) is 2.27. The van der Waals surface area contributed by atoms with Gasteiger partial charge in [-0.2, -0.15) is 0 Å². The molecule has 0 bridgehead atoms. The molecule has 0 amide bonds. The quantitative estimate of drug-likeness (QED) is 0.784. The Labute approximate surface area is 88.9 Å². The highest BCUT2D eigenvalue weighted by Crippen LogP contribution is 2.50. The fraction of sp³-hybridized carbons (Fsp3) is 0.417. The first-order chi connectivity index (χ1) is 7.06. The van der Waals surface area contributed by atoms with Crippen molar-refractivity contribution in [2.75, 3.05) is 0 Å². The van der Waals surface area contributed by atoms with Crippen LogP contribution in [0, 0.1) is 6.92 Å². The van der Waals surface area contributed by atoms with Gasteiger partial charge in [0, 0.05) is 5.41 Å². The molecule has 1 fully saturated rings. The van der Waals surface area contributed by atoms with Gasteiger partial charge in [-0.15, -0.1) is 0 Å². The zero-order chi connectivity index (χ0) is 11.1. The molecule has 1 saturated carbocycles. The van der Waals surface area contributed by atoms with Gasteiger partial charge >= 0.3 is 5.97 Å². The summed E-state index contributed by atoms with van der Waals surface area (Å²) in [6, 6.07) is 7.21. The van der Waals surface area contributed by atoms with Crippen molar-refractivity contribution < 1.29 is 9.90 Å². The predicted octanol–water partition coefficient (Wildman–Crippen LogP) is 1.44. The lowest BCUT2D eigenvalue weighted by atomic mass is 9.88. The minimum absolute atomic E-state index is 0.306. The lowest BCUT2D eigenvalue weighted by molar-refractivity contribution is -0.139. The standard InChI is InChI=1S/C12H15NO2/c1-8-2-4-9(5-3-8)12(6-7-12)10(13)11(14)15/h2-5,10H,6-7,13H2,1H3,(H,14,15). The first-order valence-corrected chi connectivity index (χ1v) is 5.12. The number of aliphatic carboxylic acids is 1. The maximum absolute atomic E-state index is 10.9. The van der Waals surface area contributed by atoms with Crippen LogP contribution in [-0.2, 0) is 10.2 Å². The van der Waals surface area contributed by atoms with Crippen LogP contribution in [0.15, 0.2) is 24.3 Å². The van der Waals surface area contributed by atoms with Crippen LogP contribution >= 0.6 is 0 Å². The molecule has 0 spiro atoms. The van der Waals surface area contributed by atoms with Crippen molar-refractivity contribution in [3.8, 4) is 0 Å². The van der Waals surface area contributed by atoms with Crippen molar-refractivity contribution in [3.63, 3.8) is 0 Å². The van der Waals surface area contributed by atoms with Crippen LogP contribution in [0.5, 0.6) is 0 Å². The SMILES string of the molecule is Cc1ccc(C2(C(N)C(=O)O)CC2)cc1. The number of carboxylic acid groups (broad SMARTS) is 1. The summed E-state index contributed by atoms with van der Waals surface area (Å²) in [6.45, 7) is 2.01. The number of benzene rings is 1. The first-order valence-electron chi connectivity index (χ1n) is 5.12. The molecule has 0 heterocycles. The molecule has 1 unspecified atom stereocenters. The molecule has 2 rings (SSSR count). The van der Waals surface area contributed by atoms with Gasteiger partial charge in [0.1, 0.15) is 6.04 Å². The average molecular weight is 205 g/mol. The zero-order valence-corrected chi connectivity index (χ0v) is 8.73. The van der Waals surface area contributed by atoms with Crippen molar-refractivity contribution in [3.05, 3.63) is 35.4 Å². The van der Waals surface area contributed by atoms with Gasteiger partial charge in [-0.25, -0.2) is 0 Å². The normalized spacial score (nSPS) is 19.6. The Morgan fingerprint density at radius 1 is 1.40 bits per heavy atom. The van der Waals surface area contributed by atoms with Crippen molar-refractivity contribution in [2.45, 2.75) is 31.2 Å². The Balaban J connectivity index is 2.30. The first kappa shape index (κ1) is 10.2. The van der Waals surface area contributed by atoms with Gasteiger partial charge in [-0.05, 0) is 25.3 Å². The minimum atomic E-state index is -0.909. The largest absolute Gasteiger partial charge is 0.480 e. The van der Waals surface area contributed by atoms with E-state index >= 15 is 0 Å². The van der Waals surface area contributed by atoms with Crippen LogP contribution in [-0.4, -0.2) is 17.1 Å². The van der Waals surface area contributed by atoms with E-state index in [2.05, 4.69) is 0 Å². The summed E-state index contributed by atoms with van der Waals surface area (Å²) in [5, 5.41) is 8.95. The molecule has 1 atom stereocenters. The molecule has 0 saturated heterocycles. The maximum Gasteiger partial charge on any atom is 0.321 e. The molecule has 0 radical (unpaired) electrons. The zero-order valence-electron chi connectivity index (χ0n) is 8.73. The molecule has 3 N–H and O–H groups in total. The van der Waals surface area contributed by atoms with Gasteiger partial charge in [0.2, 0.25) is 0 Å². The lowest BCUT2D eigenvalue weighted by Gasteiger charge is -2.20. The molecule has 0 aliphatic heterocycles. The van der Waals surface area contributed by atoms with E-state index in [1.54, 1.807) is 0 Å². The highest BCUT2D eigenvalue weighted by molar-refractivity contribution is 5.77. The maximum atomic E-state index is 10.9. The number of hydrogen-bond donors (Lipinski definition) is 2. The third-order valence-corrected chi connectivity index (χ3v) is 3.28. The van der Waals surface area contributed by atoms with E-state index in [0.717, 1.165) is 18.4 Å². The molecule has 1 aromatic rings. The van der Waals surface area contributed by atoms with E-state index < -0.39 is 12.0 Å². The summed E-state index contributed by atoms with van der Waals surface area (Å²) in [5.41, 5.74) is 7.66. The van der Waals surface area contributed by atoms with Crippen molar-refractivity contribution in [2.24, 2.45) is 5.73 Å². The van der Waals surface area contributed by atoms with Crippen LogP contribution in [0.2, 0.25) is 0 Å². The number of nitrogens with two attached hydrogens (primary N) is 1. The van der Waals surface area contributed by atoms with Gasteiger partial charge < -0.3 is 10.8 Å². The molecular weight excluding hydrogens is 190 g/mol. The summed E-state index contributed by atoms with van der Waals surface area (Å²) in [4.78, 5) is 10.9. The molecule has 3 nitrogen and oxygen atoms in total. The Morgan fingerprint density at radius 2 is 1.93 bits per heavy atom. The molecule has 0 aromatic heterocycles. The number of carboxylic acids is 1. The second-order valence-electron chi connectivity index (χ2n) is 4.34. The van der Waals surface area contributed by atoms with Crippen LogP contribution < -0.4 is 5.73 Å². The third-order valence-electron chi connectivity index (χ3n) is 3.28. The van der Waals surface area contributed by atoms with Crippen LogP contribution in [0.4, 0.5) is 0 Å². The van der Waals surface area contributed by atoms with E-state index in [4.69, 9.17) is 10.8 Å². The van der Waals surface area contributed by atoms with Crippen LogP contribution in [0.1, 0.15) is 24.0 Å². The number of hydrogen-bond acceptors (Lipinski definition) is 2. The topological polar surface area (TPSA) is 63.3 Å². The predicted molar refractivity (Wildman–Crippen MR) is 57.7 cm³/mol. The summed E-state index contributed by atoms with van der Waals surface area (Å²) in [7, 11) is 0. The van der Waals surface area contributed by atoms with E-state index in [1.807, 2.05) is 31.2 Å². The average Bonchev–Trinajstić information content (AvgIpc) is 2.99. The highest BCUT2D eigenvalue weighted by atomic mass is 16.4. The molecule has 1 aromatic carbocycles. The van der Waals surface area contributed by atoms with Gasteiger partial charge in [0.05, 0.1) is 0 Å². The highest BCUT2D eigenvalue weighted by Gasteiger charge is 2.52. The number of rotatable bonds is 3. The second-order valence-corrected chi connectivity index (χ2v) is 4.34.